The van der Waals surface area contributed by atoms with Crippen molar-refractivity contribution in [3.05, 3.63) is 51.7 Å². The highest BCUT2D eigenvalue weighted by molar-refractivity contribution is 6.30. The number of benzene rings is 1. The lowest BCUT2D eigenvalue weighted by Gasteiger charge is -2.13. The van der Waals surface area contributed by atoms with E-state index in [1.54, 1.807) is 19.2 Å². The molecule has 0 radical (unpaired) electrons. The Balaban J connectivity index is 2.32. The Kier molecular flexibility index (Phi) is 4.48. The first kappa shape index (κ1) is 15.3. The number of amides is 1. The molecular formula is C16H18ClN3O. The van der Waals surface area contributed by atoms with Crippen molar-refractivity contribution in [1.82, 2.24) is 4.98 Å². The average Bonchev–Trinajstić information content (AvgIpc) is 2.41. The van der Waals surface area contributed by atoms with Crippen LogP contribution in [0.4, 0.5) is 11.5 Å². The van der Waals surface area contributed by atoms with Crippen LogP contribution >= 0.6 is 11.6 Å². The van der Waals surface area contributed by atoms with E-state index in [4.69, 9.17) is 11.6 Å². The third kappa shape index (κ3) is 3.52. The number of carbonyl (C=O) groups is 1. The molecule has 4 nitrogen and oxygen atoms in total. The van der Waals surface area contributed by atoms with Gasteiger partial charge < -0.3 is 10.6 Å². The summed E-state index contributed by atoms with van der Waals surface area (Å²) in [4.78, 5) is 16.5. The number of halogens is 1. The predicted molar refractivity (Wildman–Crippen MR) is 87.4 cm³/mol. The first-order valence-electron chi connectivity index (χ1n) is 6.65. The Labute approximate surface area is 129 Å². The maximum Gasteiger partial charge on any atom is 0.255 e. The highest BCUT2D eigenvalue weighted by Crippen LogP contribution is 2.23. The summed E-state index contributed by atoms with van der Waals surface area (Å²) in [6.07, 6.45) is 0. The Morgan fingerprint density at radius 3 is 2.29 bits per heavy atom. The Bertz CT molecular complexity index is 675. The van der Waals surface area contributed by atoms with Crippen molar-refractivity contribution in [2.24, 2.45) is 0 Å². The fraction of sp³-hybridized carbons (Fsp3) is 0.250. The second-order valence-corrected chi connectivity index (χ2v) is 5.43. The Hall–Kier alpha value is -2.07. The maximum atomic E-state index is 12.4. The van der Waals surface area contributed by atoms with Crippen LogP contribution in [0.1, 0.15) is 27.0 Å². The summed E-state index contributed by atoms with van der Waals surface area (Å²) in [5.74, 6) is 0.357. The summed E-state index contributed by atoms with van der Waals surface area (Å²) in [5, 5.41) is 6.11. The van der Waals surface area contributed by atoms with Crippen LogP contribution in [0.25, 0.3) is 0 Å². The van der Waals surface area contributed by atoms with Crippen LogP contribution in [-0.2, 0) is 0 Å². The van der Waals surface area contributed by atoms with Crippen LogP contribution in [0.15, 0.2) is 24.3 Å². The van der Waals surface area contributed by atoms with Gasteiger partial charge in [0.25, 0.3) is 5.91 Å². The summed E-state index contributed by atoms with van der Waals surface area (Å²) in [6.45, 7) is 6.00. The molecule has 5 heteroatoms. The van der Waals surface area contributed by atoms with Crippen molar-refractivity contribution < 1.29 is 4.79 Å². The van der Waals surface area contributed by atoms with Gasteiger partial charge in [-0.25, -0.2) is 4.98 Å². The molecule has 0 saturated heterocycles. The van der Waals surface area contributed by atoms with E-state index in [9.17, 15) is 4.79 Å². The highest BCUT2D eigenvalue weighted by atomic mass is 35.5. The minimum absolute atomic E-state index is 0.203. The van der Waals surface area contributed by atoms with Crippen molar-refractivity contribution in [3.8, 4) is 0 Å². The van der Waals surface area contributed by atoms with Gasteiger partial charge >= 0.3 is 0 Å². The summed E-state index contributed by atoms with van der Waals surface area (Å²) >= 11 is 5.93. The number of hydrogen-bond donors (Lipinski definition) is 2. The SMILES string of the molecule is CNc1cc(C(=O)Nc2c(C)cc(C)cc2C)cc(Cl)n1. The molecule has 21 heavy (non-hydrogen) atoms. The number of carbonyl (C=O) groups excluding carboxylic acids is 1. The standard InChI is InChI=1S/C16H18ClN3O/c1-9-5-10(2)15(11(3)6-9)20-16(21)12-7-13(17)19-14(8-12)18-4/h5-8H,1-4H3,(H,18,19)(H,20,21). The van der Waals surface area contributed by atoms with Crippen LogP contribution in [0.3, 0.4) is 0 Å². The number of aromatic nitrogens is 1. The first-order valence-corrected chi connectivity index (χ1v) is 7.03. The zero-order valence-electron chi connectivity index (χ0n) is 12.5. The molecule has 0 spiro atoms. The molecule has 0 unspecified atom stereocenters. The van der Waals surface area contributed by atoms with Crippen LogP contribution in [-0.4, -0.2) is 17.9 Å². The van der Waals surface area contributed by atoms with Crippen molar-refractivity contribution in [2.45, 2.75) is 20.8 Å². The first-order chi connectivity index (χ1) is 9.90. The molecule has 1 amide bonds. The van der Waals surface area contributed by atoms with Gasteiger partial charge in [-0.15, -0.1) is 0 Å². The summed E-state index contributed by atoms with van der Waals surface area (Å²) in [7, 11) is 1.73. The Morgan fingerprint density at radius 2 is 1.71 bits per heavy atom. The summed E-state index contributed by atoms with van der Waals surface area (Å²) in [5.41, 5.74) is 4.56. The van der Waals surface area contributed by atoms with Crippen LogP contribution in [0.2, 0.25) is 5.15 Å². The molecule has 0 bridgehead atoms. The third-order valence-corrected chi connectivity index (χ3v) is 3.42. The van der Waals surface area contributed by atoms with Gasteiger partial charge in [0, 0.05) is 18.3 Å². The lowest BCUT2D eigenvalue weighted by atomic mass is 10.0. The molecule has 1 aromatic heterocycles. The second kappa shape index (κ2) is 6.14. The van der Waals surface area contributed by atoms with E-state index in [-0.39, 0.29) is 11.1 Å². The van der Waals surface area contributed by atoms with Crippen LogP contribution in [0.5, 0.6) is 0 Å². The minimum atomic E-state index is -0.203. The smallest absolute Gasteiger partial charge is 0.255 e. The summed E-state index contributed by atoms with van der Waals surface area (Å²) in [6, 6.07) is 7.30. The summed E-state index contributed by atoms with van der Waals surface area (Å²) < 4.78 is 0. The van der Waals surface area contributed by atoms with Gasteiger partial charge in [0.05, 0.1) is 0 Å². The number of hydrogen-bond acceptors (Lipinski definition) is 3. The van der Waals surface area contributed by atoms with Gasteiger partial charge in [0.15, 0.2) is 0 Å². The van der Waals surface area contributed by atoms with E-state index in [0.717, 1.165) is 16.8 Å². The number of nitrogens with one attached hydrogen (secondary N) is 2. The van der Waals surface area contributed by atoms with Gasteiger partial charge in [-0.05, 0) is 44.0 Å². The van der Waals surface area contributed by atoms with E-state index < -0.39 is 0 Å². The monoisotopic (exact) mass is 303 g/mol. The van der Waals surface area contributed by atoms with E-state index in [1.807, 2.05) is 32.9 Å². The molecule has 1 heterocycles. The van der Waals surface area contributed by atoms with Crippen molar-refractivity contribution in [3.63, 3.8) is 0 Å². The molecule has 1 aromatic carbocycles. The number of pyridine rings is 1. The third-order valence-electron chi connectivity index (χ3n) is 3.23. The maximum absolute atomic E-state index is 12.4. The van der Waals surface area contributed by atoms with E-state index in [0.29, 0.717) is 11.4 Å². The molecular weight excluding hydrogens is 286 g/mol. The van der Waals surface area contributed by atoms with Gasteiger partial charge in [-0.2, -0.15) is 0 Å². The second-order valence-electron chi connectivity index (χ2n) is 5.04. The number of nitrogens with zero attached hydrogens (tertiary/aromatic N) is 1. The lowest BCUT2D eigenvalue weighted by molar-refractivity contribution is 0.102. The van der Waals surface area contributed by atoms with Crippen molar-refractivity contribution in [2.75, 3.05) is 17.7 Å². The largest absolute Gasteiger partial charge is 0.373 e. The average molecular weight is 304 g/mol. The quantitative estimate of drug-likeness (QED) is 0.844. The van der Waals surface area contributed by atoms with Crippen molar-refractivity contribution >= 4 is 29.0 Å². The molecule has 2 N–H and O–H groups in total. The zero-order chi connectivity index (χ0) is 15.6. The van der Waals surface area contributed by atoms with E-state index in [1.165, 1.54) is 5.56 Å². The zero-order valence-corrected chi connectivity index (χ0v) is 13.3. The van der Waals surface area contributed by atoms with E-state index in [2.05, 4.69) is 15.6 Å². The molecule has 2 rings (SSSR count). The molecule has 0 aliphatic heterocycles. The van der Waals surface area contributed by atoms with Crippen LogP contribution in [0, 0.1) is 20.8 Å². The number of anilines is 2. The lowest BCUT2D eigenvalue weighted by Crippen LogP contribution is -2.14. The number of aryl methyl sites for hydroxylation is 3. The van der Waals surface area contributed by atoms with Gasteiger partial charge in [0.2, 0.25) is 0 Å². The molecule has 0 aliphatic rings. The van der Waals surface area contributed by atoms with Gasteiger partial charge in [-0.1, -0.05) is 29.3 Å². The predicted octanol–water partition coefficient (Wildman–Crippen LogP) is 3.95. The fourth-order valence-electron chi connectivity index (χ4n) is 2.32. The molecule has 2 aromatic rings. The Morgan fingerprint density at radius 1 is 1.10 bits per heavy atom. The molecule has 0 atom stereocenters. The minimum Gasteiger partial charge on any atom is -0.373 e. The normalized spacial score (nSPS) is 10.3. The van der Waals surface area contributed by atoms with Gasteiger partial charge in [-0.3, -0.25) is 4.79 Å². The fourth-order valence-corrected chi connectivity index (χ4v) is 2.53. The van der Waals surface area contributed by atoms with Gasteiger partial charge in [0.1, 0.15) is 11.0 Å². The number of rotatable bonds is 3. The van der Waals surface area contributed by atoms with Crippen molar-refractivity contribution in [1.29, 1.82) is 0 Å². The highest BCUT2D eigenvalue weighted by Gasteiger charge is 2.12. The van der Waals surface area contributed by atoms with Crippen LogP contribution < -0.4 is 10.6 Å². The molecule has 110 valence electrons. The van der Waals surface area contributed by atoms with E-state index >= 15 is 0 Å². The molecule has 0 saturated carbocycles. The molecule has 0 aliphatic carbocycles. The topological polar surface area (TPSA) is 54.0 Å². The molecule has 0 fully saturated rings.